The third-order valence-electron chi connectivity index (χ3n) is 3.61. The molecule has 0 saturated heterocycles. The summed E-state index contributed by atoms with van der Waals surface area (Å²) in [5.74, 6) is -1.02. The van der Waals surface area contributed by atoms with Crippen LogP contribution in [0.4, 0.5) is 0 Å². The van der Waals surface area contributed by atoms with Crippen molar-refractivity contribution in [1.82, 2.24) is 4.72 Å². The molecular weight excluding hydrogens is 278 g/mol. The van der Waals surface area contributed by atoms with Gasteiger partial charge in [-0.2, -0.15) is 4.72 Å². The average Bonchev–Trinajstić information content (AvgIpc) is 2.89. The SMILES string of the molecule is O=C(O)[C@@H](NS(=O)(=O)CC1CCCC1)c1ccccc1. The lowest BCUT2D eigenvalue weighted by Gasteiger charge is -2.17. The number of sulfonamides is 1. The van der Waals surface area contributed by atoms with Gasteiger partial charge in [-0.1, -0.05) is 43.2 Å². The summed E-state index contributed by atoms with van der Waals surface area (Å²) in [6.45, 7) is 0. The highest BCUT2D eigenvalue weighted by molar-refractivity contribution is 7.89. The van der Waals surface area contributed by atoms with Crippen LogP contribution in [0.15, 0.2) is 30.3 Å². The highest BCUT2D eigenvalue weighted by atomic mass is 32.2. The van der Waals surface area contributed by atoms with Gasteiger partial charge in [-0.25, -0.2) is 8.42 Å². The molecule has 5 nitrogen and oxygen atoms in total. The monoisotopic (exact) mass is 297 g/mol. The van der Waals surface area contributed by atoms with Gasteiger partial charge in [0.2, 0.25) is 10.0 Å². The van der Waals surface area contributed by atoms with Gasteiger partial charge in [-0.05, 0) is 24.3 Å². The summed E-state index contributed by atoms with van der Waals surface area (Å²) >= 11 is 0. The molecule has 0 aliphatic heterocycles. The maximum atomic E-state index is 12.1. The number of carbonyl (C=O) groups is 1. The summed E-state index contributed by atoms with van der Waals surface area (Å²) in [5.41, 5.74) is 0.440. The topological polar surface area (TPSA) is 83.5 Å². The van der Waals surface area contributed by atoms with Crippen LogP contribution in [-0.4, -0.2) is 25.2 Å². The summed E-state index contributed by atoms with van der Waals surface area (Å²) < 4.78 is 26.5. The number of hydrogen-bond acceptors (Lipinski definition) is 3. The number of hydrogen-bond donors (Lipinski definition) is 2. The normalized spacial score (nSPS) is 18.0. The number of aliphatic carboxylic acids is 1. The average molecular weight is 297 g/mol. The van der Waals surface area contributed by atoms with E-state index in [9.17, 15) is 18.3 Å². The summed E-state index contributed by atoms with van der Waals surface area (Å²) in [4.78, 5) is 11.3. The quantitative estimate of drug-likeness (QED) is 0.840. The Morgan fingerprint density at radius 3 is 2.40 bits per heavy atom. The van der Waals surface area contributed by atoms with E-state index < -0.39 is 22.0 Å². The Bertz CT molecular complexity index is 550. The maximum Gasteiger partial charge on any atom is 0.326 e. The Morgan fingerprint density at radius 1 is 1.25 bits per heavy atom. The zero-order chi connectivity index (χ0) is 14.6. The van der Waals surface area contributed by atoms with Crippen LogP contribution in [0.3, 0.4) is 0 Å². The minimum Gasteiger partial charge on any atom is -0.480 e. The zero-order valence-electron chi connectivity index (χ0n) is 11.2. The van der Waals surface area contributed by atoms with Crippen LogP contribution in [0.1, 0.15) is 37.3 Å². The molecule has 0 unspecified atom stereocenters. The van der Waals surface area contributed by atoms with Gasteiger partial charge in [0.25, 0.3) is 0 Å². The fourth-order valence-electron chi connectivity index (χ4n) is 2.62. The first-order valence-corrected chi connectivity index (χ1v) is 8.41. The Kier molecular flexibility index (Phi) is 4.77. The van der Waals surface area contributed by atoms with Gasteiger partial charge in [-0.3, -0.25) is 4.79 Å². The molecule has 0 amide bonds. The second-order valence-electron chi connectivity index (χ2n) is 5.23. The predicted octanol–water partition coefficient (Wildman–Crippen LogP) is 1.92. The Labute approximate surface area is 119 Å². The first kappa shape index (κ1) is 15.0. The van der Waals surface area contributed by atoms with Crippen molar-refractivity contribution in [2.75, 3.05) is 5.75 Å². The highest BCUT2D eigenvalue weighted by Gasteiger charge is 2.28. The molecule has 6 heteroatoms. The second-order valence-corrected chi connectivity index (χ2v) is 7.03. The van der Waals surface area contributed by atoms with Crippen LogP contribution in [-0.2, 0) is 14.8 Å². The third-order valence-corrected chi connectivity index (χ3v) is 5.11. The summed E-state index contributed by atoms with van der Waals surface area (Å²) in [6, 6.07) is 7.14. The smallest absolute Gasteiger partial charge is 0.326 e. The Morgan fingerprint density at radius 2 is 1.85 bits per heavy atom. The van der Waals surface area contributed by atoms with Crippen molar-refractivity contribution >= 4 is 16.0 Å². The fraction of sp³-hybridized carbons (Fsp3) is 0.500. The van der Waals surface area contributed by atoms with Crippen molar-refractivity contribution in [3.05, 3.63) is 35.9 Å². The van der Waals surface area contributed by atoms with Gasteiger partial charge in [0.1, 0.15) is 6.04 Å². The standard InChI is InChI=1S/C14H19NO4S/c16-14(17)13(12-8-2-1-3-9-12)15-20(18,19)10-11-6-4-5-7-11/h1-3,8-9,11,13,15H,4-7,10H2,(H,16,17)/t13-/m0/s1. The molecule has 1 fully saturated rings. The van der Waals surface area contributed by atoms with Gasteiger partial charge in [0.05, 0.1) is 5.75 Å². The van der Waals surface area contributed by atoms with E-state index in [0.717, 1.165) is 25.7 Å². The number of nitrogens with one attached hydrogen (secondary N) is 1. The lowest BCUT2D eigenvalue weighted by atomic mass is 10.1. The molecule has 1 aliphatic carbocycles. The summed E-state index contributed by atoms with van der Waals surface area (Å²) in [6.07, 6.45) is 3.93. The van der Waals surface area contributed by atoms with Gasteiger partial charge < -0.3 is 5.11 Å². The van der Waals surface area contributed by atoms with Crippen molar-refractivity contribution < 1.29 is 18.3 Å². The lowest BCUT2D eigenvalue weighted by molar-refractivity contribution is -0.139. The van der Waals surface area contributed by atoms with Crippen molar-refractivity contribution in [3.8, 4) is 0 Å². The third kappa shape index (κ3) is 4.05. The number of rotatable bonds is 6. The van der Waals surface area contributed by atoms with Crippen molar-refractivity contribution in [2.45, 2.75) is 31.7 Å². The van der Waals surface area contributed by atoms with Gasteiger partial charge >= 0.3 is 5.97 Å². The van der Waals surface area contributed by atoms with E-state index in [1.54, 1.807) is 30.3 Å². The number of carboxylic acids is 1. The van der Waals surface area contributed by atoms with Crippen molar-refractivity contribution in [3.63, 3.8) is 0 Å². The van der Waals surface area contributed by atoms with Crippen LogP contribution in [0.2, 0.25) is 0 Å². The Balaban J connectivity index is 2.09. The van der Waals surface area contributed by atoms with E-state index in [4.69, 9.17) is 0 Å². The van der Waals surface area contributed by atoms with Crippen LogP contribution in [0, 0.1) is 5.92 Å². The molecule has 1 saturated carbocycles. The highest BCUT2D eigenvalue weighted by Crippen LogP contribution is 2.26. The van der Waals surface area contributed by atoms with Crippen LogP contribution in [0.25, 0.3) is 0 Å². The minimum atomic E-state index is -3.59. The predicted molar refractivity (Wildman–Crippen MR) is 75.7 cm³/mol. The number of benzene rings is 1. The van der Waals surface area contributed by atoms with Crippen molar-refractivity contribution in [1.29, 1.82) is 0 Å². The van der Waals surface area contributed by atoms with E-state index in [2.05, 4.69) is 4.72 Å². The molecular formula is C14H19NO4S. The molecule has 1 aromatic carbocycles. The molecule has 0 bridgehead atoms. The van der Waals surface area contributed by atoms with Gasteiger partial charge in [-0.15, -0.1) is 0 Å². The van der Waals surface area contributed by atoms with E-state index in [1.165, 1.54) is 0 Å². The van der Waals surface area contributed by atoms with Crippen molar-refractivity contribution in [2.24, 2.45) is 5.92 Å². The minimum absolute atomic E-state index is 0.0175. The molecule has 1 aliphatic rings. The fourth-order valence-corrected chi connectivity index (χ4v) is 4.27. The summed E-state index contributed by atoms with van der Waals surface area (Å²) in [7, 11) is -3.59. The summed E-state index contributed by atoms with van der Waals surface area (Å²) in [5, 5.41) is 9.22. The van der Waals surface area contributed by atoms with Gasteiger partial charge in [0, 0.05) is 0 Å². The molecule has 2 N–H and O–H groups in total. The van der Waals surface area contributed by atoms with E-state index in [1.807, 2.05) is 0 Å². The number of carboxylic acid groups (broad SMARTS) is 1. The molecule has 0 radical (unpaired) electrons. The van der Waals surface area contributed by atoms with E-state index >= 15 is 0 Å². The molecule has 110 valence electrons. The molecule has 20 heavy (non-hydrogen) atoms. The molecule has 0 heterocycles. The molecule has 1 atom stereocenters. The van der Waals surface area contributed by atoms with Crippen LogP contribution >= 0.6 is 0 Å². The first-order chi connectivity index (χ1) is 9.48. The molecule has 0 aromatic heterocycles. The maximum absolute atomic E-state index is 12.1. The second kappa shape index (κ2) is 6.37. The molecule has 0 spiro atoms. The molecule has 2 rings (SSSR count). The van der Waals surface area contributed by atoms with E-state index in [-0.39, 0.29) is 11.7 Å². The van der Waals surface area contributed by atoms with Gasteiger partial charge in [0.15, 0.2) is 0 Å². The van der Waals surface area contributed by atoms with Crippen LogP contribution < -0.4 is 4.72 Å². The van der Waals surface area contributed by atoms with E-state index in [0.29, 0.717) is 5.56 Å². The zero-order valence-corrected chi connectivity index (χ0v) is 12.0. The van der Waals surface area contributed by atoms with Crippen LogP contribution in [0.5, 0.6) is 0 Å². The first-order valence-electron chi connectivity index (χ1n) is 6.76. The largest absolute Gasteiger partial charge is 0.480 e. The molecule has 1 aromatic rings. The Hall–Kier alpha value is -1.40. The lowest BCUT2D eigenvalue weighted by Crippen LogP contribution is -2.36.